The van der Waals surface area contributed by atoms with E-state index in [0.717, 1.165) is 32.7 Å². The third kappa shape index (κ3) is 4.82. The fourth-order valence-corrected chi connectivity index (χ4v) is 2.51. The number of nitrogens with zero attached hydrogens (tertiary/aromatic N) is 3. The molecule has 0 atom stereocenters. The van der Waals surface area contributed by atoms with Gasteiger partial charge in [0.25, 0.3) is 0 Å². The Balaban J connectivity index is 1.78. The van der Waals surface area contributed by atoms with Crippen molar-refractivity contribution in [3.8, 4) is 0 Å². The summed E-state index contributed by atoms with van der Waals surface area (Å²) in [6.45, 7) is 6.81. The quantitative estimate of drug-likeness (QED) is 0.370. The molecule has 0 aliphatic carbocycles. The largest absolute Gasteiger partial charge is 0.461 e. The third-order valence-corrected chi connectivity index (χ3v) is 3.72. The number of hydrogen-bond donors (Lipinski definition) is 1. The maximum Gasteiger partial charge on any atom is 0.357 e. The lowest BCUT2D eigenvalue weighted by Crippen LogP contribution is -2.48. The Labute approximate surface area is 131 Å². The molecule has 6 heteroatoms. The summed E-state index contributed by atoms with van der Waals surface area (Å²) in [6, 6.07) is 10.4. The summed E-state index contributed by atoms with van der Waals surface area (Å²) in [7, 11) is 0. The molecule has 1 N–H and O–H groups in total. The van der Waals surface area contributed by atoms with E-state index in [1.807, 2.05) is 6.07 Å². The van der Waals surface area contributed by atoms with Crippen LogP contribution in [0.15, 0.2) is 35.5 Å². The van der Waals surface area contributed by atoms with E-state index in [1.54, 1.807) is 6.92 Å². The standard InChI is InChI=1S/C16H23N3O3/c1-2-22-16(20)15(17-21)13-19-10-8-18(9-11-19)12-14-6-4-3-5-7-14/h3-7,21H,2,8-13H2,1H3/b17-15-. The van der Waals surface area contributed by atoms with Crippen molar-refractivity contribution < 1.29 is 14.7 Å². The van der Waals surface area contributed by atoms with Crippen LogP contribution in [-0.4, -0.2) is 66.0 Å². The molecule has 0 saturated carbocycles. The van der Waals surface area contributed by atoms with Gasteiger partial charge in [0.1, 0.15) is 0 Å². The molecule has 120 valence electrons. The molecule has 6 nitrogen and oxygen atoms in total. The first kappa shape index (κ1) is 16.5. The third-order valence-electron chi connectivity index (χ3n) is 3.72. The zero-order chi connectivity index (χ0) is 15.8. The monoisotopic (exact) mass is 305 g/mol. The van der Waals surface area contributed by atoms with Crippen LogP contribution >= 0.6 is 0 Å². The van der Waals surface area contributed by atoms with E-state index in [2.05, 4.69) is 39.2 Å². The Morgan fingerprint density at radius 3 is 2.41 bits per heavy atom. The summed E-state index contributed by atoms with van der Waals surface area (Å²) in [6.07, 6.45) is 0. The lowest BCUT2D eigenvalue weighted by molar-refractivity contribution is -0.135. The number of esters is 1. The van der Waals surface area contributed by atoms with E-state index in [1.165, 1.54) is 5.56 Å². The van der Waals surface area contributed by atoms with E-state index in [0.29, 0.717) is 6.54 Å². The van der Waals surface area contributed by atoms with Gasteiger partial charge in [-0.05, 0) is 12.5 Å². The Hall–Kier alpha value is -1.92. The molecule has 1 aliphatic rings. The van der Waals surface area contributed by atoms with Gasteiger partial charge in [0.2, 0.25) is 0 Å². The first-order valence-corrected chi connectivity index (χ1v) is 7.59. The minimum atomic E-state index is -0.545. The number of oxime groups is 1. The molecule has 1 heterocycles. The Bertz CT molecular complexity index is 497. The van der Waals surface area contributed by atoms with Gasteiger partial charge in [-0.15, -0.1) is 0 Å². The van der Waals surface area contributed by atoms with Crippen molar-refractivity contribution in [2.24, 2.45) is 5.16 Å². The second-order valence-corrected chi connectivity index (χ2v) is 5.31. The summed E-state index contributed by atoms with van der Waals surface area (Å²) in [5.74, 6) is -0.545. The van der Waals surface area contributed by atoms with Crippen molar-refractivity contribution >= 4 is 11.7 Å². The lowest BCUT2D eigenvalue weighted by atomic mass is 10.2. The van der Waals surface area contributed by atoms with Gasteiger partial charge in [0, 0.05) is 32.7 Å². The van der Waals surface area contributed by atoms with Gasteiger partial charge >= 0.3 is 5.97 Å². The predicted molar refractivity (Wildman–Crippen MR) is 84.0 cm³/mol. The molecule has 1 aromatic rings. The van der Waals surface area contributed by atoms with Crippen LogP contribution in [0.2, 0.25) is 0 Å². The van der Waals surface area contributed by atoms with Crippen LogP contribution in [0.1, 0.15) is 12.5 Å². The van der Waals surface area contributed by atoms with Crippen LogP contribution in [0.5, 0.6) is 0 Å². The van der Waals surface area contributed by atoms with Crippen molar-refractivity contribution in [2.45, 2.75) is 13.5 Å². The van der Waals surface area contributed by atoms with Crippen LogP contribution in [0.25, 0.3) is 0 Å². The van der Waals surface area contributed by atoms with Gasteiger partial charge in [-0.2, -0.15) is 0 Å². The van der Waals surface area contributed by atoms with E-state index < -0.39 is 5.97 Å². The average molecular weight is 305 g/mol. The molecule has 0 amide bonds. The molecule has 0 aromatic heterocycles. The van der Waals surface area contributed by atoms with Crippen LogP contribution < -0.4 is 0 Å². The highest BCUT2D eigenvalue weighted by molar-refractivity contribution is 6.37. The Morgan fingerprint density at radius 1 is 1.18 bits per heavy atom. The highest BCUT2D eigenvalue weighted by Crippen LogP contribution is 2.08. The summed E-state index contributed by atoms with van der Waals surface area (Å²) in [4.78, 5) is 16.1. The Morgan fingerprint density at radius 2 is 1.82 bits per heavy atom. The zero-order valence-electron chi connectivity index (χ0n) is 12.9. The number of ether oxygens (including phenoxy) is 1. The van der Waals surface area contributed by atoms with Crippen molar-refractivity contribution in [1.29, 1.82) is 0 Å². The summed E-state index contributed by atoms with van der Waals surface area (Å²) < 4.78 is 4.87. The normalized spacial score (nSPS) is 17.4. The fraction of sp³-hybridized carbons (Fsp3) is 0.500. The summed E-state index contributed by atoms with van der Waals surface area (Å²) in [5.41, 5.74) is 1.37. The van der Waals surface area contributed by atoms with Crippen molar-refractivity contribution in [3.05, 3.63) is 35.9 Å². The molecule has 0 radical (unpaired) electrons. The van der Waals surface area contributed by atoms with Gasteiger partial charge < -0.3 is 9.94 Å². The van der Waals surface area contributed by atoms with Crippen LogP contribution in [0.4, 0.5) is 0 Å². The van der Waals surface area contributed by atoms with Crippen LogP contribution in [0.3, 0.4) is 0 Å². The molecule has 1 aliphatic heterocycles. The minimum absolute atomic E-state index is 0.0679. The smallest absolute Gasteiger partial charge is 0.357 e. The number of benzene rings is 1. The van der Waals surface area contributed by atoms with Crippen molar-refractivity contribution in [3.63, 3.8) is 0 Å². The number of carbonyl (C=O) groups excluding carboxylic acids is 1. The maximum absolute atomic E-state index is 11.6. The number of carbonyl (C=O) groups is 1. The first-order valence-electron chi connectivity index (χ1n) is 7.59. The van der Waals surface area contributed by atoms with Crippen LogP contribution in [0, 0.1) is 0 Å². The molecule has 1 aromatic carbocycles. The fourth-order valence-electron chi connectivity index (χ4n) is 2.51. The summed E-state index contributed by atoms with van der Waals surface area (Å²) in [5, 5.41) is 12.0. The lowest BCUT2D eigenvalue weighted by Gasteiger charge is -2.34. The van der Waals surface area contributed by atoms with E-state index >= 15 is 0 Å². The summed E-state index contributed by atoms with van der Waals surface area (Å²) >= 11 is 0. The Kier molecular flexibility index (Phi) is 6.36. The van der Waals surface area contributed by atoms with Gasteiger partial charge in [0.05, 0.1) is 13.2 Å². The van der Waals surface area contributed by atoms with Gasteiger partial charge in [-0.1, -0.05) is 35.5 Å². The molecule has 0 bridgehead atoms. The molecule has 0 unspecified atom stereocenters. The molecule has 0 spiro atoms. The highest BCUT2D eigenvalue weighted by atomic mass is 16.5. The molecule has 22 heavy (non-hydrogen) atoms. The number of hydrogen-bond acceptors (Lipinski definition) is 6. The molecular weight excluding hydrogens is 282 g/mol. The average Bonchev–Trinajstić information content (AvgIpc) is 2.55. The first-order chi connectivity index (χ1) is 10.7. The van der Waals surface area contributed by atoms with Gasteiger partial charge in [-0.25, -0.2) is 4.79 Å². The van der Waals surface area contributed by atoms with Crippen LogP contribution in [-0.2, 0) is 16.1 Å². The van der Waals surface area contributed by atoms with Crippen molar-refractivity contribution in [2.75, 3.05) is 39.3 Å². The number of rotatable bonds is 6. The van der Waals surface area contributed by atoms with Crippen molar-refractivity contribution in [1.82, 2.24) is 9.80 Å². The zero-order valence-corrected chi connectivity index (χ0v) is 12.9. The maximum atomic E-state index is 11.6. The SMILES string of the molecule is CCOC(=O)/C(CN1CCN(Cc2ccccc2)CC1)=N\O. The molecular formula is C16H23N3O3. The second-order valence-electron chi connectivity index (χ2n) is 5.31. The van der Waals surface area contributed by atoms with Gasteiger partial charge in [0.15, 0.2) is 5.71 Å². The van der Waals surface area contributed by atoms with E-state index in [4.69, 9.17) is 9.94 Å². The molecule has 1 fully saturated rings. The van der Waals surface area contributed by atoms with E-state index in [-0.39, 0.29) is 12.3 Å². The van der Waals surface area contributed by atoms with E-state index in [9.17, 15) is 4.79 Å². The van der Waals surface area contributed by atoms with Gasteiger partial charge in [-0.3, -0.25) is 9.80 Å². The predicted octanol–water partition coefficient (Wildman–Crippen LogP) is 1.20. The molecule has 2 rings (SSSR count). The molecule has 1 saturated heterocycles. The topological polar surface area (TPSA) is 65.4 Å². The minimum Gasteiger partial charge on any atom is -0.461 e. The number of piperazine rings is 1. The second kappa shape index (κ2) is 8.51. The highest BCUT2D eigenvalue weighted by Gasteiger charge is 2.22.